The van der Waals surface area contributed by atoms with Gasteiger partial charge >= 0.3 is 0 Å². The smallest absolute Gasteiger partial charge is 0.251 e. The summed E-state index contributed by atoms with van der Waals surface area (Å²) in [6.07, 6.45) is 5.33. The Hall–Kier alpha value is -2.13. The van der Waals surface area contributed by atoms with E-state index in [0.29, 0.717) is 12.1 Å². The fourth-order valence-electron chi connectivity index (χ4n) is 3.86. The fourth-order valence-corrected chi connectivity index (χ4v) is 3.86. The Morgan fingerprint density at radius 3 is 2.91 bits per heavy atom. The molecule has 22 heavy (non-hydrogen) atoms. The average molecular weight is 292 g/mol. The molecule has 0 saturated carbocycles. The molecule has 0 spiro atoms. The molecular formula is C19H20N2O. The summed E-state index contributed by atoms with van der Waals surface area (Å²) in [5.41, 5.74) is 1.83. The lowest BCUT2D eigenvalue weighted by Gasteiger charge is -2.21. The van der Waals surface area contributed by atoms with Crippen LogP contribution in [0.3, 0.4) is 0 Å². The topological polar surface area (TPSA) is 41.1 Å². The van der Waals surface area contributed by atoms with Gasteiger partial charge in [0.1, 0.15) is 0 Å². The van der Waals surface area contributed by atoms with Gasteiger partial charge in [0.25, 0.3) is 5.91 Å². The first-order chi connectivity index (χ1) is 10.7. The number of carbonyl (C=O) groups is 1. The van der Waals surface area contributed by atoms with Crippen molar-refractivity contribution in [2.75, 3.05) is 0 Å². The molecule has 2 heterocycles. The Balaban J connectivity index is 1.58. The number of nitrogens with one attached hydrogen (secondary N) is 2. The Morgan fingerprint density at radius 1 is 1.27 bits per heavy atom. The van der Waals surface area contributed by atoms with Crippen molar-refractivity contribution in [1.29, 1.82) is 0 Å². The molecule has 2 bridgehead atoms. The summed E-state index contributed by atoms with van der Waals surface area (Å²) in [5, 5.41) is 8.97. The van der Waals surface area contributed by atoms with Gasteiger partial charge in [-0.05, 0) is 47.7 Å². The number of hydrogen-bond donors (Lipinski definition) is 2. The van der Waals surface area contributed by atoms with Crippen LogP contribution in [0.1, 0.15) is 35.2 Å². The van der Waals surface area contributed by atoms with E-state index in [1.54, 1.807) is 0 Å². The van der Waals surface area contributed by atoms with E-state index < -0.39 is 0 Å². The van der Waals surface area contributed by atoms with Crippen molar-refractivity contribution in [2.45, 2.75) is 37.4 Å². The molecule has 0 aromatic heterocycles. The van der Waals surface area contributed by atoms with Gasteiger partial charge < -0.3 is 10.6 Å². The summed E-state index contributed by atoms with van der Waals surface area (Å²) in [6.45, 7) is 3.84. The highest BCUT2D eigenvalue weighted by Crippen LogP contribution is 2.28. The third-order valence-electron chi connectivity index (χ3n) is 5.01. The van der Waals surface area contributed by atoms with Gasteiger partial charge in [-0.3, -0.25) is 4.79 Å². The highest BCUT2D eigenvalue weighted by Gasteiger charge is 2.39. The molecule has 2 aromatic carbocycles. The number of rotatable bonds is 3. The molecule has 0 radical (unpaired) electrons. The summed E-state index contributed by atoms with van der Waals surface area (Å²) >= 11 is 0. The minimum absolute atomic E-state index is 0.0326. The van der Waals surface area contributed by atoms with Crippen LogP contribution in [0.15, 0.2) is 43.0 Å². The fraction of sp³-hybridized carbons (Fsp3) is 0.316. The van der Waals surface area contributed by atoms with Crippen LogP contribution in [0.4, 0.5) is 0 Å². The maximum atomic E-state index is 12.5. The van der Waals surface area contributed by atoms with E-state index in [9.17, 15) is 4.79 Å². The minimum atomic E-state index is 0.0326. The van der Waals surface area contributed by atoms with Gasteiger partial charge in [0, 0.05) is 23.7 Å². The van der Waals surface area contributed by atoms with Crippen molar-refractivity contribution >= 4 is 22.8 Å². The molecule has 3 unspecified atom stereocenters. The van der Waals surface area contributed by atoms with Crippen molar-refractivity contribution in [3.8, 4) is 0 Å². The van der Waals surface area contributed by atoms with E-state index in [1.165, 1.54) is 12.8 Å². The third-order valence-corrected chi connectivity index (χ3v) is 5.01. The van der Waals surface area contributed by atoms with E-state index in [0.717, 1.165) is 28.3 Å². The minimum Gasteiger partial charge on any atom is -0.348 e. The van der Waals surface area contributed by atoms with Gasteiger partial charge in [-0.25, -0.2) is 0 Å². The number of carbonyl (C=O) groups excluding carboxylic acids is 1. The van der Waals surface area contributed by atoms with Crippen LogP contribution >= 0.6 is 0 Å². The molecule has 2 N–H and O–H groups in total. The van der Waals surface area contributed by atoms with Crippen LogP contribution in [0.2, 0.25) is 0 Å². The maximum absolute atomic E-state index is 12.5. The number of fused-ring (bicyclic) bond motifs is 3. The molecule has 3 atom stereocenters. The normalized spacial score (nSPS) is 26.3. The van der Waals surface area contributed by atoms with Crippen LogP contribution in [0, 0.1) is 0 Å². The molecule has 1 amide bonds. The van der Waals surface area contributed by atoms with Gasteiger partial charge in [-0.15, -0.1) is 0 Å². The summed E-state index contributed by atoms with van der Waals surface area (Å²) in [5.74, 6) is 0.0326. The second-order valence-electron chi connectivity index (χ2n) is 6.35. The van der Waals surface area contributed by atoms with Crippen molar-refractivity contribution in [3.05, 3.63) is 54.1 Å². The van der Waals surface area contributed by atoms with Gasteiger partial charge in [-0.1, -0.05) is 36.9 Å². The highest BCUT2D eigenvalue weighted by atomic mass is 16.1. The third kappa shape index (κ3) is 2.22. The lowest BCUT2D eigenvalue weighted by molar-refractivity contribution is 0.0931. The average Bonchev–Trinajstić information content (AvgIpc) is 3.16. The van der Waals surface area contributed by atoms with Gasteiger partial charge in [0.2, 0.25) is 0 Å². The zero-order valence-corrected chi connectivity index (χ0v) is 12.5. The first-order valence-corrected chi connectivity index (χ1v) is 7.97. The molecule has 2 aliphatic heterocycles. The zero-order valence-electron chi connectivity index (χ0n) is 12.5. The maximum Gasteiger partial charge on any atom is 0.251 e. The van der Waals surface area contributed by atoms with E-state index in [-0.39, 0.29) is 11.9 Å². The monoisotopic (exact) mass is 292 g/mol. The molecule has 4 rings (SSSR count). The SMILES string of the molecule is C=Cc1cccc2cc(C(=O)NC3CC4CCC3N4)ccc12. The van der Waals surface area contributed by atoms with Crippen LogP contribution in [0.25, 0.3) is 16.8 Å². The van der Waals surface area contributed by atoms with Crippen molar-refractivity contribution in [3.63, 3.8) is 0 Å². The lowest BCUT2D eigenvalue weighted by Crippen LogP contribution is -2.42. The van der Waals surface area contributed by atoms with Crippen LogP contribution in [0.5, 0.6) is 0 Å². The first kappa shape index (κ1) is 13.5. The van der Waals surface area contributed by atoms with E-state index in [1.807, 2.05) is 42.5 Å². The zero-order chi connectivity index (χ0) is 15.1. The van der Waals surface area contributed by atoms with Gasteiger partial charge in [0.05, 0.1) is 0 Å². The largest absolute Gasteiger partial charge is 0.348 e. The standard InChI is InChI=1S/C19H20N2O/c1-2-12-4-3-5-13-10-14(6-8-16(12)13)19(22)21-18-11-15-7-9-17(18)20-15/h2-6,8,10,15,17-18,20H,1,7,9,11H2,(H,21,22). The predicted octanol–water partition coefficient (Wildman–Crippen LogP) is 3.11. The van der Waals surface area contributed by atoms with E-state index in [4.69, 9.17) is 0 Å². The molecule has 2 aromatic rings. The Kier molecular flexibility index (Phi) is 3.23. The lowest BCUT2D eigenvalue weighted by atomic mass is 9.95. The molecular weight excluding hydrogens is 272 g/mol. The highest BCUT2D eigenvalue weighted by molar-refractivity contribution is 6.00. The van der Waals surface area contributed by atoms with E-state index >= 15 is 0 Å². The van der Waals surface area contributed by atoms with Crippen molar-refractivity contribution in [1.82, 2.24) is 10.6 Å². The second-order valence-corrected chi connectivity index (χ2v) is 6.35. The first-order valence-electron chi connectivity index (χ1n) is 7.97. The molecule has 3 nitrogen and oxygen atoms in total. The number of benzene rings is 2. The van der Waals surface area contributed by atoms with Crippen molar-refractivity contribution in [2.24, 2.45) is 0 Å². The Labute approximate surface area is 130 Å². The van der Waals surface area contributed by atoms with Gasteiger partial charge in [-0.2, -0.15) is 0 Å². The molecule has 2 fully saturated rings. The van der Waals surface area contributed by atoms with Crippen molar-refractivity contribution < 1.29 is 4.79 Å². The summed E-state index contributed by atoms with van der Waals surface area (Å²) in [4.78, 5) is 12.5. The molecule has 112 valence electrons. The van der Waals surface area contributed by atoms with Gasteiger partial charge in [0.15, 0.2) is 0 Å². The molecule has 0 aliphatic carbocycles. The summed E-state index contributed by atoms with van der Waals surface area (Å²) in [6, 6.07) is 13.3. The van der Waals surface area contributed by atoms with Crippen LogP contribution in [-0.2, 0) is 0 Å². The van der Waals surface area contributed by atoms with Crippen LogP contribution < -0.4 is 10.6 Å². The Morgan fingerprint density at radius 2 is 2.18 bits per heavy atom. The molecule has 3 heteroatoms. The number of hydrogen-bond acceptors (Lipinski definition) is 2. The quantitative estimate of drug-likeness (QED) is 0.912. The summed E-state index contributed by atoms with van der Waals surface area (Å²) in [7, 11) is 0. The molecule has 2 aliphatic rings. The number of amides is 1. The predicted molar refractivity (Wildman–Crippen MR) is 89.9 cm³/mol. The van der Waals surface area contributed by atoms with E-state index in [2.05, 4.69) is 17.2 Å². The summed E-state index contributed by atoms with van der Waals surface area (Å²) < 4.78 is 0. The molecule has 2 saturated heterocycles. The van der Waals surface area contributed by atoms with Crippen LogP contribution in [-0.4, -0.2) is 24.0 Å². The second kappa shape index (κ2) is 5.25. The Bertz CT molecular complexity index is 752.